The molecule has 0 saturated heterocycles. The zero-order valence-corrected chi connectivity index (χ0v) is 15.1. The molecule has 0 spiro atoms. The number of ether oxygens (including phenoxy) is 2. The van der Waals surface area contributed by atoms with E-state index in [9.17, 15) is 9.59 Å². The fourth-order valence-corrected chi connectivity index (χ4v) is 3.20. The number of fused-ring (bicyclic) bond motifs is 1. The molecule has 1 aliphatic carbocycles. The summed E-state index contributed by atoms with van der Waals surface area (Å²) in [6.07, 6.45) is 1.39. The van der Waals surface area contributed by atoms with E-state index in [0.29, 0.717) is 23.9 Å². The van der Waals surface area contributed by atoms with E-state index in [2.05, 4.69) is 9.88 Å². The lowest BCUT2D eigenvalue weighted by atomic mass is 10.1. The number of hydrogen-bond acceptors (Lipinski definition) is 4. The van der Waals surface area contributed by atoms with Crippen LogP contribution in [-0.4, -0.2) is 36.2 Å². The SMILES string of the molecule is CCNC(=O)C(C)OC(=O)c1c(C)n(C2CC2)c2ccc(OC)cc12. The van der Waals surface area contributed by atoms with Gasteiger partial charge in [-0.2, -0.15) is 0 Å². The minimum atomic E-state index is -0.836. The molecule has 134 valence electrons. The zero-order valence-electron chi connectivity index (χ0n) is 15.1. The predicted octanol–water partition coefficient (Wildman–Crippen LogP) is 2.97. The molecular formula is C19H24N2O4. The van der Waals surface area contributed by atoms with E-state index in [1.807, 2.05) is 32.0 Å². The highest BCUT2D eigenvalue weighted by molar-refractivity contribution is 6.07. The third-order valence-electron chi connectivity index (χ3n) is 4.58. The third kappa shape index (κ3) is 3.21. The normalized spacial score (nSPS) is 15.0. The zero-order chi connectivity index (χ0) is 18.1. The van der Waals surface area contributed by atoms with Crippen molar-refractivity contribution in [2.45, 2.75) is 45.8 Å². The molecule has 1 atom stereocenters. The van der Waals surface area contributed by atoms with Crippen molar-refractivity contribution in [3.63, 3.8) is 0 Å². The molecule has 1 heterocycles. The second-order valence-corrected chi connectivity index (χ2v) is 6.39. The molecule has 0 radical (unpaired) electrons. The Balaban J connectivity index is 2.00. The number of aromatic nitrogens is 1. The van der Waals surface area contributed by atoms with Gasteiger partial charge in [0.15, 0.2) is 6.10 Å². The summed E-state index contributed by atoms with van der Waals surface area (Å²) in [4.78, 5) is 24.7. The molecule has 25 heavy (non-hydrogen) atoms. The van der Waals surface area contributed by atoms with Crippen LogP contribution in [0.3, 0.4) is 0 Å². The molecule has 0 bridgehead atoms. The van der Waals surface area contributed by atoms with Crippen LogP contribution in [0.15, 0.2) is 18.2 Å². The first kappa shape index (κ1) is 17.3. The number of carbonyl (C=O) groups excluding carboxylic acids is 2. The summed E-state index contributed by atoms with van der Waals surface area (Å²) in [7, 11) is 1.60. The van der Waals surface area contributed by atoms with Crippen LogP contribution in [0, 0.1) is 6.92 Å². The van der Waals surface area contributed by atoms with Gasteiger partial charge >= 0.3 is 5.97 Å². The first-order chi connectivity index (χ1) is 12.0. The Labute approximate surface area is 147 Å². The van der Waals surface area contributed by atoms with E-state index < -0.39 is 12.1 Å². The van der Waals surface area contributed by atoms with Gasteiger partial charge in [0.25, 0.3) is 5.91 Å². The standard InChI is InChI=1S/C19H24N2O4/c1-5-20-18(22)12(3)25-19(23)17-11(2)21(13-6-7-13)16-9-8-14(24-4)10-15(16)17/h8-10,12-13H,5-7H2,1-4H3,(H,20,22). The molecule has 1 saturated carbocycles. The van der Waals surface area contributed by atoms with Gasteiger partial charge in [0.05, 0.1) is 12.7 Å². The van der Waals surface area contributed by atoms with Crippen LogP contribution in [0.1, 0.15) is 48.8 Å². The second kappa shape index (κ2) is 6.78. The Morgan fingerprint density at radius 2 is 2.08 bits per heavy atom. The van der Waals surface area contributed by atoms with Crippen LogP contribution in [0.25, 0.3) is 10.9 Å². The predicted molar refractivity (Wildman–Crippen MR) is 95.1 cm³/mol. The van der Waals surface area contributed by atoms with Crippen LogP contribution >= 0.6 is 0 Å². The van der Waals surface area contributed by atoms with E-state index in [0.717, 1.165) is 29.4 Å². The maximum atomic E-state index is 12.8. The Morgan fingerprint density at radius 3 is 2.68 bits per heavy atom. The molecule has 6 nitrogen and oxygen atoms in total. The Morgan fingerprint density at radius 1 is 1.36 bits per heavy atom. The van der Waals surface area contributed by atoms with Crippen molar-refractivity contribution in [1.29, 1.82) is 0 Å². The fourth-order valence-electron chi connectivity index (χ4n) is 3.20. The van der Waals surface area contributed by atoms with Crippen LogP contribution in [0.4, 0.5) is 0 Å². The van der Waals surface area contributed by atoms with E-state index in [-0.39, 0.29) is 5.91 Å². The van der Waals surface area contributed by atoms with E-state index in [4.69, 9.17) is 9.47 Å². The van der Waals surface area contributed by atoms with Gasteiger partial charge in [0.1, 0.15) is 5.75 Å². The van der Waals surface area contributed by atoms with Crippen LogP contribution in [0.5, 0.6) is 5.75 Å². The van der Waals surface area contributed by atoms with Crippen LogP contribution < -0.4 is 10.1 Å². The maximum absolute atomic E-state index is 12.8. The molecule has 1 amide bonds. The summed E-state index contributed by atoms with van der Waals surface area (Å²) in [6.45, 7) is 5.83. The molecule has 1 aromatic heterocycles. The average Bonchev–Trinajstić information content (AvgIpc) is 3.37. The number of likely N-dealkylation sites (N-methyl/N-ethyl adjacent to an activating group) is 1. The summed E-state index contributed by atoms with van der Waals surface area (Å²) in [5.41, 5.74) is 2.38. The maximum Gasteiger partial charge on any atom is 0.341 e. The smallest absolute Gasteiger partial charge is 0.341 e. The van der Waals surface area contributed by atoms with Crippen LogP contribution in [0.2, 0.25) is 0 Å². The van der Waals surface area contributed by atoms with Crippen molar-refractivity contribution >= 4 is 22.8 Å². The minimum absolute atomic E-state index is 0.294. The number of esters is 1. The summed E-state index contributed by atoms with van der Waals surface area (Å²) >= 11 is 0. The van der Waals surface area contributed by atoms with E-state index in [1.165, 1.54) is 0 Å². The van der Waals surface area contributed by atoms with Gasteiger partial charge in [-0.15, -0.1) is 0 Å². The Bertz CT molecular complexity index is 820. The fraction of sp³-hybridized carbons (Fsp3) is 0.474. The summed E-state index contributed by atoms with van der Waals surface area (Å²) < 4.78 is 12.9. The average molecular weight is 344 g/mol. The molecule has 2 aromatic rings. The molecule has 1 aliphatic rings. The number of nitrogens with one attached hydrogen (secondary N) is 1. The molecule has 0 aliphatic heterocycles. The van der Waals surface area contributed by atoms with Gasteiger partial charge < -0.3 is 19.4 Å². The third-order valence-corrected chi connectivity index (χ3v) is 4.58. The lowest BCUT2D eigenvalue weighted by Gasteiger charge is -2.13. The Kier molecular flexibility index (Phi) is 4.70. The van der Waals surface area contributed by atoms with Crippen molar-refractivity contribution in [1.82, 2.24) is 9.88 Å². The molecule has 1 unspecified atom stereocenters. The Hall–Kier alpha value is -2.50. The highest BCUT2D eigenvalue weighted by Crippen LogP contribution is 2.42. The molecular weight excluding hydrogens is 320 g/mol. The summed E-state index contributed by atoms with van der Waals surface area (Å²) in [5.74, 6) is -0.0859. The van der Waals surface area contributed by atoms with Gasteiger partial charge in [0, 0.05) is 29.2 Å². The van der Waals surface area contributed by atoms with E-state index >= 15 is 0 Å². The van der Waals surface area contributed by atoms with Crippen molar-refractivity contribution in [3.05, 3.63) is 29.5 Å². The van der Waals surface area contributed by atoms with E-state index in [1.54, 1.807) is 14.0 Å². The number of nitrogens with zero attached hydrogens (tertiary/aromatic N) is 1. The number of benzene rings is 1. The number of carbonyl (C=O) groups is 2. The topological polar surface area (TPSA) is 69.6 Å². The van der Waals surface area contributed by atoms with Gasteiger partial charge in [-0.05, 0) is 51.8 Å². The highest BCUT2D eigenvalue weighted by Gasteiger charge is 2.31. The van der Waals surface area contributed by atoms with Gasteiger partial charge in [-0.3, -0.25) is 4.79 Å². The number of amides is 1. The van der Waals surface area contributed by atoms with Crippen molar-refractivity contribution in [2.24, 2.45) is 0 Å². The van der Waals surface area contributed by atoms with Gasteiger partial charge in [-0.25, -0.2) is 4.79 Å². The van der Waals surface area contributed by atoms with Crippen LogP contribution in [-0.2, 0) is 9.53 Å². The first-order valence-electron chi connectivity index (χ1n) is 8.65. The molecule has 1 fully saturated rings. The van der Waals surface area contributed by atoms with Gasteiger partial charge in [-0.1, -0.05) is 0 Å². The summed E-state index contributed by atoms with van der Waals surface area (Å²) in [6, 6.07) is 6.16. The monoisotopic (exact) mass is 344 g/mol. The molecule has 1 aromatic carbocycles. The van der Waals surface area contributed by atoms with Crippen molar-refractivity contribution in [2.75, 3.05) is 13.7 Å². The van der Waals surface area contributed by atoms with Crippen molar-refractivity contribution < 1.29 is 19.1 Å². The number of rotatable bonds is 6. The first-order valence-corrected chi connectivity index (χ1v) is 8.65. The summed E-state index contributed by atoms with van der Waals surface area (Å²) in [5, 5.41) is 3.47. The molecule has 1 N–H and O–H groups in total. The molecule has 3 rings (SSSR count). The molecule has 6 heteroatoms. The highest BCUT2D eigenvalue weighted by atomic mass is 16.5. The van der Waals surface area contributed by atoms with Gasteiger partial charge in [0.2, 0.25) is 0 Å². The largest absolute Gasteiger partial charge is 0.497 e. The lowest BCUT2D eigenvalue weighted by Crippen LogP contribution is -2.35. The number of methoxy groups -OCH3 is 1. The number of hydrogen-bond donors (Lipinski definition) is 1. The quantitative estimate of drug-likeness (QED) is 0.818. The lowest BCUT2D eigenvalue weighted by molar-refractivity contribution is -0.128. The minimum Gasteiger partial charge on any atom is -0.497 e. The second-order valence-electron chi connectivity index (χ2n) is 6.39. The van der Waals surface area contributed by atoms with Crippen molar-refractivity contribution in [3.8, 4) is 5.75 Å².